The maximum Gasteiger partial charge on any atom is 0.129 e. The van der Waals surface area contributed by atoms with Gasteiger partial charge in [-0.25, -0.2) is 0 Å². The molecule has 2 N–H and O–H groups in total. The zero-order valence-electron chi connectivity index (χ0n) is 10.8. The Morgan fingerprint density at radius 3 is 2.65 bits per heavy atom. The summed E-state index contributed by atoms with van der Waals surface area (Å²) in [6.07, 6.45) is 3.33. The molecule has 6 heteroatoms. The second-order valence-corrected chi connectivity index (χ2v) is 5.20. The van der Waals surface area contributed by atoms with E-state index >= 15 is 0 Å². The van der Waals surface area contributed by atoms with E-state index in [1.807, 2.05) is 37.4 Å². The summed E-state index contributed by atoms with van der Waals surface area (Å²) in [4.78, 5) is 0. The van der Waals surface area contributed by atoms with Gasteiger partial charge in [-0.1, -0.05) is 34.1 Å². The Hall–Kier alpha value is -2.21. The molecule has 0 aliphatic rings. The Kier molecular flexibility index (Phi) is 3.23. The lowest BCUT2D eigenvalue weighted by Gasteiger charge is -2.06. The van der Waals surface area contributed by atoms with Crippen molar-refractivity contribution in [3.05, 3.63) is 47.2 Å². The first-order chi connectivity index (χ1) is 9.68. The van der Waals surface area contributed by atoms with E-state index in [0.717, 1.165) is 26.9 Å². The Morgan fingerprint density at radius 1 is 1.15 bits per heavy atom. The first-order valence-electron chi connectivity index (χ1n) is 6.03. The van der Waals surface area contributed by atoms with Crippen molar-refractivity contribution in [3.63, 3.8) is 0 Å². The van der Waals surface area contributed by atoms with Gasteiger partial charge in [0.25, 0.3) is 0 Å². The molecule has 0 radical (unpaired) electrons. The minimum Gasteiger partial charge on any atom is -0.383 e. The Bertz CT molecular complexity index is 752. The molecule has 0 unspecified atom stereocenters. The molecule has 0 fully saturated rings. The highest BCUT2D eigenvalue weighted by molar-refractivity contribution is 9.10. The van der Waals surface area contributed by atoms with Gasteiger partial charge in [-0.3, -0.25) is 4.68 Å². The number of nitrogens with zero attached hydrogens (tertiary/aromatic N) is 4. The van der Waals surface area contributed by atoms with Gasteiger partial charge in [0.2, 0.25) is 0 Å². The van der Waals surface area contributed by atoms with Crippen LogP contribution >= 0.6 is 15.9 Å². The van der Waals surface area contributed by atoms with Crippen LogP contribution in [-0.4, -0.2) is 20.0 Å². The van der Waals surface area contributed by atoms with Crippen LogP contribution < -0.4 is 5.73 Å². The summed E-state index contributed by atoms with van der Waals surface area (Å²) >= 11 is 3.56. The maximum absolute atomic E-state index is 6.19. The molecular formula is C14H12BrN5. The highest BCUT2D eigenvalue weighted by atomic mass is 79.9. The number of hydrogen-bond donors (Lipinski definition) is 1. The zero-order chi connectivity index (χ0) is 14.1. The molecule has 0 atom stereocenters. The van der Waals surface area contributed by atoms with Crippen molar-refractivity contribution < 1.29 is 0 Å². The fourth-order valence-electron chi connectivity index (χ4n) is 2.10. The normalized spacial score (nSPS) is 10.7. The van der Waals surface area contributed by atoms with Gasteiger partial charge >= 0.3 is 0 Å². The molecule has 0 saturated carbocycles. The van der Waals surface area contributed by atoms with Crippen molar-refractivity contribution in [1.29, 1.82) is 0 Å². The van der Waals surface area contributed by atoms with Crippen LogP contribution in [0.4, 0.5) is 5.82 Å². The molecule has 0 bridgehead atoms. The molecule has 2 aromatic heterocycles. The largest absolute Gasteiger partial charge is 0.383 e. The van der Waals surface area contributed by atoms with Crippen molar-refractivity contribution in [1.82, 2.24) is 20.0 Å². The molecule has 2 heterocycles. The van der Waals surface area contributed by atoms with Crippen molar-refractivity contribution in [2.24, 2.45) is 7.05 Å². The van der Waals surface area contributed by atoms with Gasteiger partial charge in [-0.05, 0) is 12.1 Å². The molecule has 3 aromatic rings. The van der Waals surface area contributed by atoms with E-state index in [-0.39, 0.29) is 0 Å². The number of hydrogen-bond acceptors (Lipinski definition) is 4. The quantitative estimate of drug-likeness (QED) is 0.784. The van der Waals surface area contributed by atoms with Crippen LogP contribution in [0, 0.1) is 0 Å². The molecule has 0 aliphatic heterocycles. The highest BCUT2D eigenvalue weighted by Crippen LogP contribution is 2.38. The van der Waals surface area contributed by atoms with Crippen LogP contribution in [0.15, 0.2) is 47.2 Å². The van der Waals surface area contributed by atoms with E-state index in [0.29, 0.717) is 5.82 Å². The number of rotatable bonds is 2. The van der Waals surface area contributed by atoms with E-state index in [1.54, 1.807) is 17.1 Å². The summed E-state index contributed by atoms with van der Waals surface area (Å²) in [5.74, 6) is 0.615. The third-order valence-electron chi connectivity index (χ3n) is 3.09. The molecular weight excluding hydrogens is 318 g/mol. The number of aryl methyl sites for hydroxylation is 1. The van der Waals surface area contributed by atoms with Crippen LogP contribution in [0.2, 0.25) is 0 Å². The number of benzene rings is 1. The van der Waals surface area contributed by atoms with E-state index in [4.69, 9.17) is 5.73 Å². The monoisotopic (exact) mass is 329 g/mol. The lowest BCUT2D eigenvalue weighted by Crippen LogP contribution is -1.98. The van der Waals surface area contributed by atoms with Crippen LogP contribution in [0.25, 0.3) is 22.4 Å². The van der Waals surface area contributed by atoms with Gasteiger partial charge in [0.1, 0.15) is 11.5 Å². The van der Waals surface area contributed by atoms with E-state index < -0.39 is 0 Å². The van der Waals surface area contributed by atoms with Crippen LogP contribution in [-0.2, 0) is 7.05 Å². The predicted molar refractivity (Wildman–Crippen MR) is 81.8 cm³/mol. The molecule has 3 rings (SSSR count). The summed E-state index contributed by atoms with van der Waals surface area (Å²) in [6.45, 7) is 0. The van der Waals surface area contributed by atoms with Gasteiger partial charge in [-0.15, -0.1) is 0 Å². The number of nitrogen functional groups attached to an aromatic ring is 1. The Morgan fingerprint density at radius 2 is 1.95 bits per heavy atom. The molecule has 0 aliphatic carbocycles. The first-order valence-corrected chi connectivity index (χ1v) is 6.82. The van der Waals surface area contributed by atoms with Gasteiger partial charge in [0, 0.05) is 22.6 Å². The van der Waals surface area contributed by atoms with Gasteiger partial charge in [-0.2, -0.15) is 15.3 Å². The minimum atomic E-state index is 0.615. The summed E-state index contributed by atoms with van der Waals surface area (Å²) in [7, 11) is 1.83. The summed E-state index contributed by atoms with van der Waals surface area (Å²) in [5, 5.41) is 12.2. The van der Waals surface area contributed by atoms with E-state index in [1.165, 1.54) is 0 Å². The predicted octanol–water partition coefficient (Wildman–Crippen LogP) is 2.89. The van der Waals surface area contributed by atoms with Crippen LogP contribution in [0.3, 0.4) is 0 Å². The molecule has 100 valence electrons. The van der Waals surface area contributed by atoms with Gasteiger partial charge in [0.15, 0.2) is 0 Å². The fraction of sp³-hybridized carbons (Fsp3) is 0.0714. The molecule has 20 heavy (non-hydrogen) atoms. The van der Waals surface area contributed by atoms with E-state index in [9.17, 15) is 0 Å². The van der Waals surface area contributed by atoms with Crippen molar-refractivity contribution in [2.75, 3.05) is 5.73 Å². The lowest BCUT2D eigenvalue weighted by molar-refractivity contribution is 0.782. The number of nitrogens with two attached hydrogens (primary N) is 1. The minimum absolute atomic E-state index is 0.615. The number of halogens is 1. The van der Waals surface area contributed by atoms with Crippen molar-refractivity contribution in [3.8, 4) is 22.4 Å². The van der Waals surface area contributed by atoms with Crippen LogP contribution in [0.1, 0.15) is 0 Å². The topological polar surface area (TPSA) is 69.6 Å². The lowest BCUT2D eigenvalue weighted by atomic mass is 10.0. The molecule has 5 nitrogen and oxygen atoms in total. The Balaban J connectivity index is 2.29. The molecule has 1 aromatic carbocycles. The average Bonchev–Trinajstić information content (AvgIpc) is 2.77. The highest BCUT2D eigenvalue weighted by Gasteiger charge is 2.19. The smallest absolute Gasteiger partial charge is 0.129 e. The van der Waals surface area contributed by atoms with Crippen molar-refractivity contribution >= 4 is 21.7 Å². The summed E-state index contributed by atoms with van der Waals surface area (Å²) in [6, 6.07) is 9.80. The van der Waals surface area contributed by atoms with Gasteiger partial charge < -0.3 is 5.73 Å². The second-order valence-electron chi connectivity index (χ2n) is 4.34. The molecule has 0 amide bonds. The zero-order valence-corrected chi connectivity index (χ0v) is 12.4. The molecule has 0 spiro atoms. The third-order valence-corrected chi connectivity index (χ3v) is 3.78. The van der Waals surface area contributed by atoms with Gasteiger partial charge in [0.05, 0.1) is 18.0 Å². The van der Waals surface area contributed by atoms with Crippen molar-refractivity contribution in [2.45, 2.75) is 0 Å². The van der Waals surface area contributed by atoms with E-state index in [2.05, 4.69) is 31.2 Å². The standard InChI is InChI=1S/C14H12BrN5/c1-20-14(16)12(10-4-2-3-5-11(10)15)13(19-20)9-6-7-17-18-8-9/h2-8H,16H2,1H3. The second kappa shape index (κ2) is 5.05. The first kappa shape index (κ1) is 12.8. The third kappa shape index (κ3) is 2.08. The van der Waals surface area contributed by atoms with Crippen LogP contribution in [0.5, 0.6) is 0 Å². The number of aromatic nitrogens is 4. The fourth-order valence-corrected chi connectivity index (χ4v) is 2.58. The molecule has 0 saturated heterocycles. The Labute approximate surface area is 124 Å². The summed E-state index contributed by atoms with van der Waals surface area (Å²) in [5.41, 5.74) is 9.77. The SMILES string of the molecule is Cn1nc(-c2ccnnc2)c(-c2ccccc2Br)c1N. The summed E-state index contributed by atoms with van der Waals surface area (Å²) < 4.78 is 2.65. The number of anilines is 1. The average molecular weight is 330 g/mol. The maximum atomic E-state index is 6.19.